The first-order valence-electron chi connectivity index (χ1n) is 5.24. The molecule has 1 aromatic heterocycles. The lowest BCUT2D eigenvalue weighted by atomic mass is 10.1. The zero-order chi connectivity index (χ0) is 10.7. The number of rotatable bonds is 3. The van der Waals surface area contributed by atoms with Gasteiger partial charge in [-0.3, -0.25) is 0 Å². The van der Waals surface area contributed by atoms with Crippen LogP contribution in [0.3, 0.4) is 0 Å². The molecule has 3 heteroatoms. The standard InChI is InChI=1S/C12H15N3/c1-3-15-12(13-10(2)14-15)9-11-7-5-4-6-8-11/h4-8H,3,9H2,1-2H3. The summed E-state index contributed by atoms with van der Waals surface area (Å²) in [5.41, 5.74) is 1.28. The van der Waals surface area contributed by atoms with Gasteiger partial charge >= 0.3 is 0 Å². The van der Waals surface area contributed by atoms with E-state index < -0.39 is 0 Å². The van der Waals surface area contributed by atoms with Crippen LogP contribution in [-0.2, 0) is 13.0 Å². The van der Waals surface area contributed by atoms with E-state index in [4.69, 9.17) is 0 Å². The van der Waals surface area contributed by atoms with Crippen LogP contribution in [0.5, 0.6) is 0 Å². The van der Waals surface area contributed by atoms with Crippen LogP contribution in [0.1, 0.15) is 24.1 Å². The predicted molar refractivity (Wildman–Crippen MR) is 59.7 cm³/mol. The van der Waals surface area contributed by atoms with Crippen molar-refractivity contribution in [2.75, 3.05) is 0 Å². The molecule has 15 heavy (non-hydrogen) atoms. The summed E-state index contributed by atoms with van der Waals surface area (Å²) in [6, 6.07) is 10.4. The molecule has 0 radical (unpaired) electrons. The summed E-state index contributed by atoms with van der Waals surface area (Å²) < 4.78 is 1.96. The topological polar surface area (TPSA) is 30.7 Å². The second-order valence-corrected chi connectivity index (χ2v) is 3.55. The van der Waals surface area contributed by atoms with Crippen molar-refractivity contribution in [1.82, 2.24) is 14.8 Å². The van der Waals surface area contributed by atoms with Gasteiger partial charge in [-0.2, -0.15) is 5.10 Å². The summed E-state index contributed by atoms with van der Waals surface area (Å²) in [4.78, 5) is 4.43. The van der Waals surface area contributed by atoms with Crippen molar-refractivity contribution in [2.45, 2.75) is 26.8 Å². The van der Waals surface area contributed by atoms with Gasteiger partial charge in [-0.05, 0) is 19.4 Å². The summed E-state index contributed by atoms with van der Waals surface area (Å²) in [7, 11) is 0. The average Bonchev–Trinajstić information content (AvgIpc) is 2.60. The van der Waals surface area contributed by atoms with Gasteiger partial charge in [0, 0.05) is 13.0 Å². The number of nitrogens with zero attached hydrogens (tertiary/aromatic N) is 3. The number of benzene rings is 1. The fraction of sp³-hybridized carbons (Fsp3) is 0.333. The Labute approximate surface area is 89.8 Å². The molecule has 0 fully saturated rings. The largest absolute Gasteiger partial charge is 0.250 e. The first-order valence-corrected chi connectivity index (χ1v) is 5.24. The van der Waals surface area contributed by atoms with Crippen LogP contribution in [0.4, 0.5) is 0 Å². The molecule has 0 unspecified atom stereocenters. The van der Waals surface area contributed by atoms with Crippen LogP contribution < -0.4 is 0 Å². The van der Waals surface area contributed by atoms with E-state index in [1.807, 2.05) is 17.7 Å². The van der Waals surface area contributed by atoms with Gasteiger partial charge in [0.05, 0.1) is 0 Å². The molecule has 0 atom stereocenters. The predicted octanol–water partition coefficient (Wildman–Crippen LogP) is 2.20. The van der Waals surface area contributed by atoms with Crippen molar-refractivity contribution in [3.05, 3.63) is 47.5 Å². The number of hydrogen-bond acceptors (Lipinski definition) is 2. The molecule has 0 saturated carbocycles. The lowest BCUT2D eigenvalue weighted by Crippen LogP contribution is -2.04. The summed E-state index contributed by atoms with van der Waals surface area (Å²) in [5, 5.41) is 4.33. The van der Waals surface area contributed by atoms with Gasteiger partial charge in [0.1, 0.15) is 11.6 Å². The van der Waals surface area contributed by atoms with Crippen LogP contribution in [0.2, 0.25) is 0 Å². The first kappa shape index (κ1) is 9.90. The molecule has 0 bridgehead atoms. The van der Waals surface area contributed by atoms with E-state index >= 15 is 0 Å². The van der Waals surface area contributed by atoms with Crippen LogP contribution in [0, 0.1) is 6.92 Å². The van der Waals surface area contributed by atoms with E-state index in [9.17, 15) is 0 Å². The third-order valence-electron chi connectivity index (χ3n) is 2.36. The van der Waals surface area contributed by atoms with Crippen LogP contribution in [0.15, 0.2) is 30.3 Å². The smallest absolute Gasteiger partial charge is 0.147 e. The van der Waals surface area contributed by atoms with Crippen molar-refractivity contribution in [2.24, 2.45) is 0 Å². The maximum absolute atomic E-state index is 4.43. The minimum atomic E-state index is 0.850. The van der Waals surface area contributed by atoms with E-state index in [0.717, 1.165) is 24.6 Å². The number of aryl methyl sites for hydroxylation is 2. The molecular weight excluding hydrogens is 186 g/mol. The summed E-state index contributed by atoms with van der Waals surface area (Å²) in [6.45, 7) is 4.90. The highest BCUT2D eigenvalue weighted by Crippen LogP contribution is 2.07. The molecule has 3 nitrogen and oxygen atoms in total. The summed E-state index contributed by atoms with van der Waals surface area (Å²) in [6.07, 6.45) is 0.857. The van der Waals surface area contributed by atoms with E-state index in [-0.39, 0.29) is 0 Å². The third kappa shape index (κ3) is 2.24. The van der Waals surface area contributed by atoms with Crippen LogP contribution in [0.25, 0.3) is 0 Å². The quantitative estimate of drug-likeness (QED) is 0.762. The first-order chi connectivity index (χ1) is 7.29. The maximum atomic E-state index is 4.43. The van der Waals surface area contributed by atoms with Gasteiger partial charge in [0.25, 0.3) is 0 Å². The lowest BCUT2D eigenvalue weighted by Gasteiger charge is -2.02. The molecule has 0 aliphatic heterocycles. The van der Waals surface area contributed by atoms with Crippen molar-refractivity contribution < 1.29 is 0 Å². The van der Waals surface area contributed by atoms with Gasteiger partial charge in [0.2, 0.25) is 0 Å². The van der Waals surface area contributed by atoms with E-state index in [2.05, 4.69) is 41.3 Å². The molecule has 1 aromatic carbocycles. The van der Waals surface area contributed by atoms with E-state index in [1.54, 1.807) is 0 Å². The molecule has 2 aromatic rings. The molecule has 0 N–H and O–H groups in total. The molecule has 0 saturated heterocycles. The zero-order valence-corrected chi connectivity index (χ0v) is 9.14. The Morgan fingerprint density at radius 1 is 1.20 bits per heavy atom. The van der Waals surface area contributed by atoms with Gasteiger partial charge in [-0.25, -0.2) is 9.67 Å². The molecule has 2 rings (SSSR count). The van der Waals surface area contributed by atoms with Gasteiger partial charge in [0.15, 0.2) is 0 Å². The molecule has 0 amide bonds. The molecule has 0 aliphatic carbocycles. The van der Waals surface area contributed by atoms with Crippen molar-refractivity contribution in [3.8, 4) is 0 Å². The van der Waals surface area contributed by atoms with E-state index in [1.165, 1.54) is 5.56 Å². The van der Waals surface area contributed by atoms with Crippen molar-refractivity contribution in [3.63, 3.8) is 0 Å². The Hall–Kier alpha value is -1.64. The SMILES string of the molecule is CCn1nc(C)nc1Cc1ccccc1. The van der Waals surface area contributed by atoms with Gasteiger partial charge < -0.3 is 0 Å². The monoisotopic (exact) mass is 201 g/mol. The highest BCUT2D eigenvalue weighted by molar-refractivity contribution is 5.18. The maximum Gasteiger partial charge on any atom is 0.147 e. The molecule has 0 aliphatic rings. The number of aromatic nitrogens is 3. The highest BCUT2D eigenvalue weighted by Gasteiger charge is 2.05. The van der Waals surface area contributed by atoms with Crippen molar-refractivity contribution >= 4 is 0 Å². The molecule has 78 valence electrons. The second-order valence-electron chi connectivity index (χ2n) is 3.55. The fourth-order valence-electron chi connectivity index (χ4n) is 1.66. The third-order valence-corrected chi connectivity index (χ3v) is 2.36. The van der Waals surface area contributed by atoms with Gasteiger partial charge in [-0.1, -0.05) is 30.3 Å². The summed E-state index contributed by atoms with van der Waals surface area (Å²) >= 11 is 0. The highest BCUT2D eigenvalue weighted by atomic mass is 15.3. The zero-order valence-electron chi connectivity index (χ0n) is 9.14. The Morgan fingerprint density at radius 2 is 1.93 bits per heavy atom. The molecule has 0 spiro atoms. The molecular formula is C12H15N3. The second kappa shape index (κ2) is 4.26. The van der Waals surface area contributed by atoms with Gasteiger partial charge in [-0.15, -0.1) is 0 Å². The lowest BCUT2D eigenvalue weighted by molar-refractivity contribution is 0.621. The number of hydrogen-bond donors (Lipinski definition) is 0. The Bertz CT molecular complexity index is 431. The van der Waals surface area contributed by atoms with Crippen LogP contribution in [-0.4, -0.2) is 14.8 Å². The molecule has 1 heterocycles. The fourth-order valence-corrected chi connectivity index (χ4v) is 1.66. The Morgan fingerprint density at radius 3 is 2.60 bits per heavy atom. The van der Waals surface area contributed by atoms with Crippen molar-refractivity contribution in [1.29, 1.82) is 0 Å². The normalized spacial score (nSPS) is 10.5. The minimum absolute atomic E-state index is 0.850. The van der Waals surface area contributed by atoms with E-state index in [0.29, 0.717) is 0 Å². The van der Waals surface area contributed by atoms with Crippen LogP contribution >= 0.6 is 0 Å². The minimum Gasteiger partial charge on any atom is -0.250 e. The Kier molecular flexibility index (Phi) is 2.81. The summed E-state index contributed by atoms with van der Waals surface area (Å²) in [5.74, 6) is 1.89. The Balaban J connectivity index is 2.24. The average molecular weight is 201 g/mol.